The van der Waals surface area contributed by atoms with Gasteiger partial charge in [-0.25, -0.2) is 8.78 Å². The Morgan fingerprint density at radius 3 is 2.27 bits per heavy atom. The first-order valence-electron chi connectivity index (χ1n) is 11.4. The number of aryl methyl sites for hydroxylation is 2. The number of halogens is 3. The number of likely N-dealkylation sites (tertiary alicyclic amines) is 1. The van der Waals surface area contributed by atoms with E-state index in [0.29, 0.717) is 22.6 Å². The van der Waals surface area contributed by atoms with Crippen LogP contribution in [0, 0.1) is 35.8 Å². The van der Waals surface area contributed by atoms with E-state index in [0.717, 1.165) is 43.1 Å². The number of benzene rings is 2. The summed E-state index contributed by atoms with van der Waals surface area (Å²) in [5, 5.41) is 9.00. The molecule has 0 spiro atoms. The number of carbonyl (C=O) groups is 1. The summed E-state index contributed by atoms with van der Waals surface area (Å²) in [4.78, 5) is 11.9. The fraction of sp³-hybridized carbons (Fsp3) is 0.481. The topological polar surface area (TPSA) is 44.1 Å². The van der Waals surface area contributed by atoms with Crippen LogP contribution in [0.4, 0.5) is 8.78 Å². The van der Waals surface area contributed by atoms with Crippen LogP contribution in [0.25, 0.3) is 0 Å². The van der Waals surface area contributed by atoms with Gasteiger partial charge in [-0.15, -0.1) is 0 Å². The number of rotatable bonds is 4. The van der Waals surface area contributed by atoms with E-state index in [1.807, 2.05) is 26.0 Å². The summed E-state index contributed by atoms with van der Waals surface area (Å²) in [6.45, 7) is 10.8. The lowest BCUT2D eigenvalue weighted by Gasteiger charge is -2.03. The average molecular weight is 479 g/mol. The smallest absolute Gasteiger partial charge is 0.129 e. The molecule has 0 N–H and O–H groups in total. The van der Waals surface area contributed by atoms with Gasteiger partial charge in [0.1, 0.15) is 24.0 Å². The third-order valence-electron chi connectivity index (χ3n) is 4.94. The van der Waals surface area contributed by atoms with Gasteiger partial charge in [-0.1, -0.05) is 50.9 Å². The van der Waals surface area contributed by atoms with Crippen molar-refractivity contribution in [2.24, 2.45) is 5.92 Å². The minimum Gasteiger partial charge on any atom is -0.306 e. The van der Waals surface area contributed by atoms with Crippen LogP contribution < -0.4 is 0 Å². The fourth-order valence-electron chi connectivity index (χ4n) is 2.96. The molecule has 0 aromatic heterocycles. The lowest BCUT2D eigenvalue weighted by Crippen LogP contribution is -2.12. The van der Waals surface area contributed by atoms with Crippen LogP contribution in [0.2, 0.25) is 5.02 Å². The van der Waals surface area contributed by atoms with Gasteiger partial charge >= 0.3 is 0 Å². The molecule has 182 valence electrons. The molecule has 2 aromatic carbocycles. The standard InChI is InChI=1S/C8H6ClN.C8H8F2.C6H13N.C5H10O/c1-6-2-3-7(5-10)8(9)4-6;1-2-6-3-4-7(9)5-8(6)10;1-6-3-4-7(2)5-6;1-2-3-4-5-6/h2-4H,1H3;3-5H,2H2,1H3;6H,3-5H2,1-2H3;5H,2-4H2,1H3/t;;6-;/m..0./s1. The quantitative estimate of drug-likeness (QED) is 0.340. The highest BCUT2D eigenvalue weighted by molar-refractivity contribution is 6.31. The van der Waals surface area contributed by atoms with Gasteiger partial charge in [0.05, 0.1) is 10.6 Å². The molecule has 6 heteroatoms. The molecule has 1 aliphatic heterocycles. The van der Waals surface area contributed by atoms with E-state index in [2.05, 4.69) is 25.8 Å². The Hall–Kier alpha value is -2.29. The van der Waals surface area contributed by atoms with Crippen LogP contribution in [0.1, 0.15) is 63.1 Å². The molecule has 0 radical (unpaired) electrons. The third-order valence-corrected chi connectivity index (χ3v) is 5.26. The first-order valence-corrected chi connectivity index (χ1v) is 11.8. The van der Waals surface area contributed by atoms with E-state index in [1.165, 1.54) is 31.6 Å². The maximum atomic E-state index is 12.6. The van der Waals surface area contributed by atoms with Gasteiger partial charge < -0.3 is 9.69 Å². The number of aldehydes is 1. The van der Waals surface area contributed by atoms with Crippen LogP contribution in [-0.2, 0) is 11.2 Å². The lowest BCUT2D eigenvalue weighted by atomic mass is 10.1. The Bertz CT molecular complexity index is 860. The summed E-state index contributed by atoms with van der Waals surface area (Å²) < 4.78 is 24.9. The van der Waals surface area contributed by atoms with Crippen molar-refractivity contribution < 1.29 is 13.6 Å². The Morgan fingerprint density at radius 2 is 1.91 bits per heavy atom. The normalized spacial score (nSPS) is 14.5. The second kappa shape index (κ2) is 18.2. The van der Waals surface area contributed by atoms with Crippen LogP contribution in [-0.4, -0.2) is 31.3 Å². The molecule has 3 nitrogen and oxygen atoms in total. The van der Waals surface area contributed by atoms with E-state index < -0.39 is 11.6 Å². The first kappa shape index (κ1) is 30.7. The van der Waals surface area contributed by atoms with Gasteiger partial charge in [-0.2, -0.15) is 5.26 Å². The van der Waals surface area contributed by atoms with Gasteiger partial charge in [0, 0.05) is 19.0 Å². The van der Waals surface area contributed by atoms with Gasteiger partial charge in [-0.05, 0) is 75.0 Å². The monoisotopic (exact) mass is 478 g/mol. The van der Waals surface area contributed by atoms with Gasteiger partial charge in [-0.3, -0.25) is 0 Å². The Labute approximate surface area is 203 Å². The number of carbonyl (C=O) groups excluding carboxylic acids is 1. The minimum absolute atomic E-state index is 0.456. The molecule has 1 heterocycles. The molecule has 2 aromatic rings. The van der Waals surface area contributed by atoms with Gasteiger partial charge in [0.15, 0.2) is 0 Å². The molecule has 0 aliphatic carbocycles. The largest absolute Gasteiger partial charge is 0.306 e. The van der Waals surface area contributed by atoms with Gasteiger partial charge in [0.2, 0.25) is 0 Å². The maximum Gasteiger partial charge on any atom is 0.129 e. The van der Waals surface area contributed by atoms with Crippen LogP contribution in [0.15, 0.2) is 36.4 Å². The minimum atomic E-state index is -0.519. The number of nitrogens with zero attached hydrogens (tertiary/aromatic N) is 2. The molecule has 33 heavy (non-hydrogen) atoms. The summed E-state index contributed by atoms with van der Waals surface area (Å²) >= 11 is 5.71. The zero-order valence-electron chi connectivity index (χ0n) is 20.5. The van der Waals surface area contributed by atoms with Crippen molar-refractivity contribution in [2.75, 3.05) is 20.1 Å². The average Bonchev–Trinajstić information content (AvgIpc) is 3.16. The summed E-state index contributed by atoms with van der Waals surface area (Å²) in [7, 11) is 2.18. The highest BCUT2D eigenvalue weighted by Gasteiger charge is 2.13. The molecule has 0 amide bonds. The Balaban J connectivity index is 0.000000424. The predicted octanol–water partition coefficient (Wildman–Crippen LogP) is 7.38. The predicted molar refractivity (Wildman–Crippen MR) is 134 cm³/mol. The second-order valence-corrected chi connectivity index (χ2v) is 8.56. The number of unbranched alkanes of at least 4 members (excludes halogenated alkanes) is 2. The van der Waals surface area contributed by atoms with Crippen LogP contribution in [0.5, 0.6) is 0 Å². The fourth-order valence-corrected chi connectivity index (χ4v) is 3.24. The number of nitriles is 1. The first-order chi connectivity index (χ1) is 15.7. The molecule has 1 atom stereocenters. The number of hydrogen-bond donors (Lipinski definition) is 0. The molecule has 1 aliphatic rings. The molecule has 0 bridgehead atoms. The van der Waals surface area contributed by atoms with E-state index in [4.69, 9.17) is 16.9 Å². The Morgan fingerprint density at radius 1 is 1.21 bits per heavy atom. The van der Waals surface area contributed by atoms with Crippen molar-refractivity contribution in [3.8, 4) is 6.07 Å². The van der Waals surface area contributed by atoms with E-state index >= 15 is 0 Å². The molecule has 0 unspecified atom stereocenters. The zero-order valence-corrected chi connectivity index (χ0v) is 21.3. The molecular weight excluding hydrogens is 442 g/mol. The van der Waals surface area contributed by atoms with Crippen molar-refractivity contribution in [3.05, 3.63) is 69.7 Å². The van der Waals surface area contributed by atoms with Crippen LogP contribution in [0.3, 0.4) is 0 Å². The van der Waals surface area contributed by atoms with Crippen molar-refractivity contribution in [1.82, 2.24) is 4.90 Å². The zero-order chi connectivity index (χ0) is 25.2. The van der Waals surface area contributed by atoms with E-state index in [9.17, 15) is 13.6 Å². The van der Waals surface area contributed by atoms with Crippen molar-refractivity contribution in [1.29, 1.82) is 5.26 Å². The summed E-state index contributed by atoms with van der Waals surface area (Å²) in [6, 6.07) is 11.0. The summed E-state index contributed by atoms with van der Waals surface area (Å²) in [5.41, 5.74) is 2.16. The third kappa shape index (κ3) is 14.5. The van der Waals surface area contributed by atoms with Crippen molar-refractivity contribution in [2.45, 2.75) is 59.8 Å². The van der Waals surface area contributed by atoms with Crippen molar-refractivity contribution in [3.63, 3.8) is 0 Å². The highest BCUT2D eigenvalue weighted by atomic mass is 35.5. The molecule has 1 fully saturated rings. The van der Waals surface area contributed by atoms with E-state index in [-0.39, 0.29) is 0 Å². The second-order valence-electron chi connectivity index (χ2n) is 8.15. The molecule has 1 saturated heterocycles. The molecule has 0 saturated carbocycles. The van der Waals surface area contributed by atoms with Crippen molar-refractivity contribution >= 4 is 17.9 Å². The Kier molecular flexibility index (Phi) is 16.9. The van der Waals surface area contributed by atoms with Gasteiger partial charge in [0.25, 0.3) is 0 Å². The summed E-state index contributed by atoms with van der Waals surface area (Å²) in [5.74, 6) is -0.0257. The molecular formula is C27H37ClF2N2O. The van der Waals surface area contributed by atoms with Crippen LogP contribution >= 0.6 is 11.6 Å². The maximum absolute atomic E-state index is 12.6. The highest BCUT2D eigenvalue weighted by Crippen LogP contribution is 2.15. The molecule has 3 rings (SSSR count). The number of hydrogen-bond acceptors (Lipinski definition) is 3. The van der Waals surface area contributed by atoms with E-state index in [1.54, 1.807) is 12.1 Å². The SMILES string of the molecule is CCCCC=O.CCc1ccc(F)cc1F.C[C@H]1CCN(C)C1.Cc1ccc(C#N)c(Cl)c1. The summed E-state index contributed by atoms with van der Waals surface area (Å²) in [6.07, 6.45) is 5.87. The lowest BCUT2D eigenvalue weighted by molar-refractivity contribution is -0.107.